The van der Waals surface area contributed by atoms with Gasteiger partial charge in [-0.15, -0.1) is 0 Å². The Balaban J connectivity index is 1.97. The molecule has 0 fully saturated rings. The lowest BCUT2D eigenvalue weighted by Crippen LogP contribution is -2.44. The van der Waals surface area contributed by atoms with Crippen LogP contribution in [0.4, 0.5) is 5.69 Å². The highest BCUT2D eigenvalue weighted by Gasteiger charge is 2.31. The van der Waals surface area contributed by atoms with Crippen LogP contribution < -0.4 is 9.64 Å². The van der Waals surface area contributed by atoms with Crippen LogP contribution in [-0.2, 0) is 11.3 Å². The molecule has 2 aromatic carbocycles. The van der Waals surface area contributed by atoms with Crippen LogP contribution in [-0.4, -0.2) is 23.1 Å². The minimum Gasteiger partial charge on any atom is -0.479 e. The molecule has 5 heteroatoms. The van der Waals surface area contributed by atoms with Crippen molar-refractivity contribution in [1.29, 1.82) is 0 Å². The SMILES string of the molecule is Cc1ccc2c(c1)OC(C)C(=O)N2Cc1cccc(C(=O)O)c1. The normalized spacial score (nSPS) is 16.7. The highest BCUT2D eigenvalue weighted by atomic mass is 16.5. The number of aromatic carboxylic acids is 1. The molecule has 0 spiro atoms. The quantitative estimate of drug-likeness (QED) is 0.946. The lowest BCUT2D eigenvalue weighted by atomic mass is 10.1. The lowest BCUT2D eigenvalue weighted by molar-refractivity contribution is -0.125. The summed E-state index contributed by atoms with van der Waals surface area (Å²) < 4.78 is 5.67. The molecule has 23 heavy (non-hydrogen) atoms. The summed E-state index contributed by atoms with van der Waals surface area (Å²) in [5.74, 6) is -0.446. The van der Waals surface area contributed by atoms with Gasteiger partial charge in [-0.05, 0) is 49.2 Å². The highest BCUT2D eigenvalue weighted by molar-refractivity contribution is 5.99. The van der Waals surface area contributed by atoms with E-state index in [-0.39, 0.29) is 11.5 Å². The third-order valence-electron chi connectivity index (χ3n) is 3.84. The molecule has 2 aromatic rings. The first-order valence-corrected chi connectivity index (χ1v) is 7.36. The zero-order valence-corrected chi connectivity index (χ0v) is 12.9. The standard InChI is InChI=1S/C18H17NO4/c1-11-6-7-15-16(8-11)23-12(2)17(20)19(15)10-13-4-3-5-14(9-13)18(21)22/h3-9,12H,10H2,1-2H3,(H,21,22). The molecule has 1 amide bonds. The Morgan fingerprint density at radius 2 is 2.04 bits per heavy atom. The monoisotopic (exact) mass is 311 g/mol. The summed E-state index contributed by atoms with van der Waals surface area (Å²) in [7, 11) is 0. The van der Waals surface area contributed by atoms with E-state index in [0.29, 0.717) is 18.0 Å². The lowest BCUT2D eigenvalue weighted by Gasteiger charge is -2.33. The van der Waals surface area contributed by atoms with Gasteiger partial charge in [0.25, 0.3) is 5.91 Å². The van der Waals surface area contributed by atoms with Crippen molar-refractivity contribution < 1.29 is 19.4 Å². The van der Waals surface area contributed by atoms with E-state index in [0.717, 1.165) is 11.1 Å². The summed E-state index contributed by atoms with van der Waals surface area (Å²) in [6.07, 6.45) is -0.563. The van der Waals surface area contributed by atoms with Gasteiger partial charge in [0.15, 0.2) is 6.10 Å². The number of ether oxygens (including phenoxy) is 1. The smallest absolute Gasteiger partial charge is 0.335 e. The summed E-state index contributed by atoms with van der Waals surface area (Å²) >= 11 is 0. The average Bonchev–Trinajstić information content (AvgIpc) is 2.52. The Labute approximate surface area is 134 Å². The molecule has 0 bridgehead atoms. The first-order chi connectivity index (χ1) is 11.0. The fourth-order valence-electron chi connectivity index (χ4n) is 2.67. The van der Waals surface area contributed by atoms with Gasteiger partial charge in [0.05, 0.1) is 17.8 Å². The molecule has 0 aliphatic carbocycles. The maximum absolute atomic E-state index is 12.5. The van der Waals surface area contributed by atoms with Gasteiger partial charge in [-0.3, -0.25) is 4.79 Å². The van der Waals surface area contributed by atoms with Crippen LogP contribution in [0.2, 0.25) is 0 Å². The topological polar surface area (TPSA) is 66.8 Å². The fourth-order valence-corrected chi connectivity index (χ4v) is 2.67. The summed E-state index contributed by atoms with van der Waals surface area (Å²) in [6.45, 7) is 3.99. The van der Waals surface area contributed by atoms with Gasteiger partial charge in [-0.25, -0.2) is 4.79 Å². The minimum absolute atomic E-state index is 0.137. The van der Waals surface area contributed by atoms with Gasteiger partial charge in [0, 0.05) is 0 Å². The Hall–Kier alpha value is -2.82. The Morgan fingerprint density at radius 3 is 2.78 bits per heavy atom. The van der Waals surface area contributed by atoms with Crippen molar-refractivity contribution in [3.8, 4) is 5.75 Å². The second-order valence-corrected chi connectivity index (χ2v) is 5.66. The number of amides is 1. The van der Waals surface area contributed by atoms with Gasteiger partial charge in [0.2, 0.25) is 0 Å². The highest BCUT2D eigenvalue weighted by Crippen LogP contribution is 2.35. The van der Waals surface area contributed by atoms with Crippen LogP contribution in [0.3, 0.4) is 0 Å². The van der Waals surface area contributed by atoms with Gasteiger partial charge in [0.1, 0.15) is 5.75 Å². The van der Waals surface area contributed by atoms with Gasteiger partial charge < -0.3 is 14.7 Å². The molecule has 3 rings (SSSR count). The van der Waals surface area contributed by atoms with Crippen molar-refractivity contribution in [2.24, 2.45) is 0 Å². The Morgan fingerprint density at radius 1 is 1.26 bits per heavy atom. The Kier molecular flexibility index (Phi) is 3.78. The molecule has 118 valence electrons. The maximum Gasteiger partial charge on any atom is 0.335 e. The maximum atomic E-state index is 12.5. The average molecular weight is 311 g/mol. The third kappa shape index (κ3) is 2.90. The van der Waals surface area contributed by atoms with E-state index in [2.05, 4.69) is 0 Å². The largest absolute Gasteiger partial charge is 0.479 e. The number of fused-ring (bicyclic) bond motifs is 1. The number of aryl methyl sites for hydroxylation is 1. The zero-order chi connectivity index (χ0) is 16.6. The van der Waals surface area contributed by atoms with E-state index in [1.807, 2.05) is 31.2 Å². The van der Waals surface area contributed by atoms with Crippen LogP contribution in [0.5, 0.6) is 5.75 Å². The van der Waals surface area contributed by atoms with Crippen molar-refractivity contribution in [2.45, 2.75) is 26.5 Å². The van der Waals surface area contributed by atoms with Crippen molar-refractivity contribution in [1.82, 2.24) is 0 Å². The fraction of sp³-hybridized carbons (Fsp3) is 0.222. The Bertz CT molecular complexity index is 784. The van der Waals surface area contributed by atoms with E-state index >= 15 is 0 Å². The number of nitrogens with zero attached hydrogens (tertiary/aromatic N) is 1. The van der Waals surface area contributed by atoms with Crippen LogP contribution in [0.25, 0.3) is 0 Å². The molecule has 1 aliphatic rings. The molecule has 1 heterocycles. The number of carbonyl (C=O) groups excluding carboxylic acids is 1. The molecule has 1 aliphatic heterocycles. The van der Waals surface area contributed by atoms with E-state index in [1.165, 1.54) is 6.07 Å². The molecule has 0 aromatic heterocycles. The number of rotatable bonds is 3. The summed E-state index contributed by atoms with van der Waals surface area (Å²) in [6, 6.07) is 12.3. The second-order valence-electron chi connectivity index (χ2n) is 5.66. The minimum atomic E-state index is -0.982. The van der Waals surface area contributed by atoms with Crippen molar-refractivity contribution in [3.63, 3.8) is 0 Å². The van der Waals surface area contributed by atoms with E-state index in [9.17, 15) is 9.59 Å². The van der Waals surface area contributed by atoms with Crippen LogP contribution in [0, 0.1) is 6.92 Å². The van der Waals surface area contributed by atoms with Gasteiger partial charge in [-0.2, -0.15) is 0 Å². The third-order valence-corrected chi connectivity index (χ3v) is 3.84. The molecule has 0 radical (unpaired) electrons. The van der Waals surface area contributed by atoms with Crippen LogP contribution >= 0.6 is 0 Å². The van der Waals surface area contributed by atoms with E-state index in [4.69, 9.17) is 9.84 Å². The van der Waals surface area contributed by atoms with E-state index < -0.39 is 12.1 Å². The zero-order valence-electron chi connectivity index (χ0n) is 12.9. The predicted molar refractivity (Wildman–Crippen MR) is 85.9 cm³/mol. The van der Waals surface area contributed by atoms with Crippen molar-refractivity contribution in [2.75, 3.05) is 4.90 Å². The first-order valence-electron chi connectivity index (χ1n) is 7.36. The number of hydrogen-bond acceptors (Lipinski definition) is 3. The predicted octanol–water partition coefficient (Wildman–Crippen LogP) is 3.01. The number of carboxylic acids is 1. The second kappa shape index (κ2) is 5.76. The number of benzene rings is 2. The van der Waals surface area contributed by atoms with Gasteiger partial charge in [-0.1, -0.05) is 18.2 Å². The molecule has 0 saturated heterocycles. The number of carbonyl (C=O) groups is 2. The van der Waals surface area contributed by atoms with E-state index in [1.54, 1.807) is 24.0 Å². The van der Waals surface area contributed by atoms with Crippen LogP contribution in [0.15, 0.2) is 42.5 Å². The number of anilines is 1. The molecule has 1 unspecified atom stereocenters. The summed E-state index contributed by atoms with van der Waals surface area (Å²) in [4.78, 5) is 25.2. The summed E-state index contributed by atoms with van der Waals surface area (Å²) in [5, 5.41) is 9.10. The molecule has 5 nitrogen and oxygen atoms in total. The number of carboxylic acid groups (broad SMARTS) is 1. The molecule has 1 N–H and O–H groups in total. The molecule has 1 atom stereocenters. The number of hydrogen-bond donors (Lipinski definition) is 1. The van der Waals surface area contributed by atoms with Crippen molar-refractivity contribution >= 4 is 17.6 Å². The first kappa shape index (κ1) is 15.1. The van der Waals surface area contributed by atoms with Crippen molar-refractivity contribution in [3.05, 3.63) is 59.2 Å². The molecule has 0 saturated carbocycles. The molecular formula is C18H17NO4. The summed E-state index contributed by atoms with van der Waals surface area (Å²) in [5.41, 5.74) is 2.73. The molecular weight excluding hydrogens is 294 g/mol. The van der Waals surface area contributed by atoms with Crippen LogP contribution in [0.1, 0.15) is 28.4 Å². The van der Waals surface area contributed by atoms with Gasteiger partial charge >= 0.3 is 5.97 Å².